The third-order valence-corrected chi connectivity index (χ3v) is 2.62. The van der Waals surface area contributed by atoms with Crippen molar-refractivity contribution in [1.29, 1.82) is 0 Å². The highest BCUT2D eigenvalue weighted by molar-refractivity contribution is 5.76. The van der Waals surface area contributed by atoms with Crippen LogP contribution in [-0.4, -0.2) is 49.6 Å². The second-order valence-corrected chi connectivity index (χ2v) is 5.06. The molecule has 0 fully saturated rings. The van der Waals surface area contributed by atoms with Crippen molar-refractivity contribution >= 4 is 11.9 Å². The number of ether oxygens (including phenoxy) is 3. The Balaban J connectivity index is 3.15. The van der Waals surface area contributed by atoms with E-state index in [1.54, 1.807) is 0 Å². The standard InChI is InChI=1S/C15H28O6/c1-13(2)20-11-5-3-9-19-10-4-6-12-21-15(18)8-7-14(16)17/h13H,3-12H2,1-2H3,(H,16,17). The Morgan fingerprint density at radius 1 is 0.905 bits per heavy atom. The Labute approximate surface area is 126 Å². The third-order valence-electron chi connectivity index (χ3n) is 2.62. The molecule has 0 aromatic rings. The van der Waals surface area contributed by atoms with E-state index < -0.39 is 11.9 Å². The number of carbonyl (C=O) groups excluding carboxylic acids is 1. The molecule has 0 bridgehead atoms. The van der Waals surface area contributed by atoms with Crippen LogP contribution >= 0.6 is 0 Å². The van der Waals surface area contributed by atoms with E-state index in [9.17, 15) is 9.59 Å². The molecule has 0 aliphatic heterocycles. The zero-order chi connectivity index (χ0) is 15.9. The zero-order valence-electron chi connectivity index (χ0n) is 13.1. The molecule has 6 heteroatoms. The van der Waals surface area contributed by atoms with Gasteiger partial charge in [0.25, 0.3) is 0 Å². The van der Waals surface area contributed by atoms with Gasteiger partial charge in [-0.05, 0) is 39.5 Å². The Morgan fingerprint density at radius 3 is 2.05 bits per heavy atom. The fraction of sp³-hybridized carbons (Fsp3) is 0.867. The van der Waals surface area contributed by atoms with Crippen molar-refractivity contribution in [2.24, 2.45) is 0 Å². The number of hydrogen-bond acceptors (Lipinski definition) is 5. The Hall–Kier alpha value is -1.14. The Kier molecular flexibility index (Phi) is 13.1. The molecular weight excluding hydrogens is 276 g/mol. The van der Waals surface area contributed by atoms with Gasteiger partial charge in [-0.15, -0.1) is 0 Å². The van der Waals surface area contributed by atoms with Gasteiger partial charge in [0.05, 0.1) is 25.6 Å². The van der Waals surface area contributed by atoms with Crippen molar-refractivity contribution in [2.75, 3.05) is 26.4 Å². The van der Waals surface area contributed by atoms with Crippen LogP contribution in [0.5, 0.6) is 0 Å². The van der Waals surface area contributed by atoms with Crippen molar-refractivity contribution in [3.05, 3.63) is 0 Å². The van der Waals surface area contributed by atoms with Crippen LogP contribution in [0.1, 0.15) is 52.4 Å². The van der Waals surface area contributed by atoms with E-state index in [4.69, 9.17) is 19.3 Å². The quantitative estimate of drug-likeness (QED) is 0.392. The topological polar surface area (TPSA) is 82.1 Å². The number of carbonyl (C=O) groups is 2. The fourth-order valence-electron chi connectivity index (χ4n) is 1.50. The molecule has 0 aromatic carbocycles. The van der Waals surface area contributed by atoms with Crippen molar-refractivity contribution in [3.63, 3.8) is 0 Å². The van der Waals surface area contributed by atoms with Crippen LogP contribution in [0.15, 0.2) is 0 Å². The molecule has 124 valence electrons. The van der Waals surface area contributed by atoms with Crippen molar-refractivity contribution < 1.29 is 28.9 Å². The second-order valence-electron chi connectivity index (χ2n) is 5.06. The van der Waals surface area contributed by atoms with Gasteiger partial charge in [0.2, 0.25) is 0 Å². The van der Waals surface area contributed by atoms with E-state index in [1.165, 1.54) is 0 Å². The molecule has 0 rings (SSSR count). The number of carboxylic acids is 1. The molecule has 0 radical (unpaired) electrons. The maximum absolute atomic E-state index is 11.1. The summed E-state index contributed by atoms with van der Waals surface area (Å²) in [6.07, 6.45) is 3.58. The van der Waals surface area contributed by atoms with Gasteiger partial charge >= 0.3 is 11.9 Å². The summed E-state index contributed by atoms with van der Waals surface area (Å²) in [4.78, 5) is 21.3. The van der Waals surface area contributed by atoms with Gasteiger partial charge in [-0.3, -0.25) is 9.59 Å². The SMILES string of the molecule is CC(C)OCCCCOCCCCOC(=O)CCC(=O)O. The molecule has 0 amide bonds. The van der Waals surface area contributed by atoms with E-state index in [0.717, 1.165) is 38.9 Å². The monoisotopic (exact) mass is 304 g/mol. The van der Waals surface area contributed by atoms with Crippen LogP contribution in [0.25, 0.3) is 0 Å². The van der Waals surface area contributed by atoms with Crippen LogP contribution in [0.4, 0.5) is 0 Å². The number of rotatable bonds is 14. The van der Waals surface area contributed by atoms with E-state index in [2.05, 4.69) is 0 Å². The maximum Gasteiger partial charge on any atom is 0.306 e. The summed E-state index contributed by atoms with van der Waals surface area (Å²) in [5, 5.41) is 8.40. The lowest BCUT2D eigenvalue weighted by molar-refractivity contribution is -0.147. The second kappa shape index (κ2) is 13.8. The van der Waals surface area contributed by atoms with Gasteiger partial charge in [-0.2, -0.15) is 0 Å². The highest BCUT2D eigenvalue weighted by atomic mass is 16.5. The summed E-state index contributed by atoms with van der Waals surface area (Å²) < 4.78 is 15.8. The molecule has 21 heavy (non-hydrogen) atoms. The van der Waals surface area contributed by atoms with Crippen molar-refractivity contribution in [2.45, 2.75) is 58.5 Å². The third kappa shape index (κ3) is 16.8. The van der Waals surface area contributed by atoms with E-state index in [1.807, 2.05) is 13.8 Å². The van der Waals surface area contributed by atoms with Crippen LogP contribution in [-0.2, 0) is 23.8 Å². The lowest BCUT2D eigenvalue weighted by Crippen LogP contribution is -2.09. The minimum absolute atomic E-state index is 0.0652. The van der Waals surface area contributed by atoms with Crippen LogP contribution < -0.4 is 0 Å². The summed E-state index contributed by atoms with van der Waals surface area (Å²) in [6.45, 7) is 6.50. The van der Waals surface area contributed by atoms with Gasteiger partial charge in [0.15, 0.2) is 0 Å². The molecule has 0 spiro atoms. The smallest absolute Gasteiger partial charge is 0.306 e. The summed E-state index contributed by atoms with van der Waals surface area (Å²) in [6, 6.07) is 0. The first-order valence-corrected chi connectivity index (χ1v) is 7.59. The van der Waals surface area contributed by atoms with Gasteiger partial charge in [-0.1, -0.05) is 0 Å². The minimum atomic E-state index is -0.987. The lowest BCUT2D eigenvalue weighted by Gasteiger charge is -2.07. The van der Waals surface area contributed by atoms with Crippen LogP contribution in [0.2, 0.25) is 0 Å². The summed E-state index contributed by atoms with van der Waals surface area (Å²) in [7, 11) is 0. The summed E-state index contributed by atoms with van der Waals surface area (Å²) in [5.74, 6) is -1.44. The average Bonchev–Trinajstić information content (AvgIpc) is 2.42. The molecule has 0 atom stereocenters. The minimum Gasteiger partial charge on any atom is -0.481 e. The molecule has 0 saturated carbocycles. The number of hydrogen-bond donors (Lipinski definition) is 1. The van der Waals surface area contributed by atoms with Crippen molar-refractivity contribution in [1.82, 2.24) is 0 Å². The lowest BCUT2D eigenvalue weighted by atomic mass is 10.3. The zero-order valence-corrected chi connectivity index (χ0v) is 13.1. The Bertz CT molecular complexity index is 277. The highest BCUT2D eigenvalue weighted by Gasteiger charge is 2.05. The maximum atomic E-state index is 11.1. The largest absolute Gasteiger partial charge is 0.481 e. The predicted molar refractivity (Wildman–Crippen MR) is 78.2 cm³/mol. The molecule has 1 N–H and O–H groups in total. The van der Waals surface area contributed by atoms with E-state index in [-0.39, 0.29) is 18.9 Å². The first-order chi connectivity index (χ1) is 10.0. The first kappa shape index (κ1) is 19.9. The average molecular weight is 304 g/mol. The number of aliphatic carboxylic acids is 1. The molecule has 0 aliphatic carbocycles. The first-order valence-electron chi connectivity index (χ1n) is 7.59. The fourth-order valence-corrected chi connectivity index (χ4v) is 1.50. The van der Waals surface area contributed by atoms with Crippen molar-refractivity contribution in [3.8, 4) is 0 Å². The molecule has 6 nitrogen and oxygen atoms in total. The van der Waals surface area contributed by atoms with E-state index in [0.29, 0.717) is 13.2 Å². The van der Waals surface area contributed by atoms with Gasteiger partial charge in [-0.25, -0.2) is 0 Å². The van der Waals surface area contributed by atoms with E-state index >= 15 is 0 Å². The number of esters is 1. The summed E-state index contributed by atoms with van der Waals surface area (Å²) in [5.41, 5.74) is 0. The molecule has 0 aliphatic rings. The highest BCUT2D eigenvalue weighted by Crippen LogP contribution is 1.98. The summed E-state index contributed by atoms with van der Waals surface area (Å²) >= 11 is 0. The molecule has 0 unspecified atom stereocenters. The molecular formula is C15H28O6. The normalized spacial score (nSPS) is 10.8. The molecule has 0 saturated heterocycles. The Morgan fingerprint density at radius 2 is 1.48 bits per heavy atom. The van der Waals surface area contributed by atoms with Gasteiger partial charge < -0.3 is 19.3 Å². The predicted octanol–water partition coefficient (Wildman–Crippen LogP) is 2.40. The molecule has 0 heterocycles. The van der Waals surface area contributed by atoms with Crippen LogP contribution in [0.3, 0.4) is 0 Å². The number of unbranched alkanes of at least 4 members (excludes halogenated alkanes) is 2. The van der Waals surface area contributed by atoms with Gasteiger partial charge in [0.1, 0.15) is 0 Å². The number of carboxylic acid groups (broad SMARTS) is 1. The molecule has 0 aromatic heterocycles. The van der Waals surface area contributed by atoms with Crippen LogP contribution in [0, 0.1) is 0 Å². The van der Waals surface area contributed by atoms with Gasteiger partial charge in [0, 0.05) is 19.8 Å².